The van der Waals surface area contributed by atoms with Crippen LogP contribution in [0.4, 0.5) is 0 Å². The number of nitrogens with zero attached hydrogens (tertiary/aromatic N) is 2. The van der Waals surface area contributed by atoms with E-state index in [0.29, 0.717) is 44.3 Å². The molecule has 1 aromatic heterocycles. The van der Waals surface area contributed by atoms with Crippen LogP contribution in [0.25, 0.3) is 0 Å². The molecule has 1 aromatic rings. The van der Waals surface area contributed by atoms with Gasteiger partial charge in [0.1, 0.15) is 6.61 Å². The number of nitrogens with two attached hydrogens (primary N) is 1. The summed E-state index contributed by atoms with van der Waals surface area (Å²) in [4.78, 5) is 13.8. The minimum absolute atomic E-state index is 0.104. The van der Waals surface area contributed by atoms with E-state index in [1.54, 1.807) is 18.1 Å². The maximum absolute atomic E-state index is 12.1. The number of ether oxygens (including phenoxy) is 2. The topological polar surface area (TPSA) is 90.8 Å². The summed E-state index contributed by atoms with van der Waals surface area (Å²) in [5.41, 5.74) is 5.83. The highest BCUT2D eigenvalue weighted by molar-refractivity contribution is 5.92. The van der Waals surface area contributed by atoms with E-state index in [9.17, 15) is 4.79 Å². The summed E-state index contributed by atoms with van der Waals surface area (Å²) >= 11 is 0. The first-order valence-corrected chi connectivity index (χ1v) is 5.80. The Bertz CT molecular complexity index is 407. The van der Waals surface area contributed by atoms with Gasteiger partial charge in [0.15, 0.2) is 11.5 Å². The average Bonchev–Trinajstić information content (AvgIpc) is 2.87. The molecule has 0 aromatic carbocycles. The number of rotatable bonds is 4. The molecule has 0 bridgehead atoms. The van der Waals surface area contributed by atoms with E-state index >= 15 is 0 Å². The Hall–Kier alpha value is -1.44. The Morgan fingerprint density at radius 2 is 2.56 bits per heavy atom. The normalized spacial score (nSPS) is 20.1. The van der Waals surface area contributed by atoms with Gasteiger partial charge in [-0.2, -0.15) is 0 Å². The lowest BCUT2D eigenvalue weighted by Gasteiger charge is -2.31. The van der Waals surface area contributed by atoms with E-state index in [2.05, 4.69) is 5.16 Å². The van der Waals surface area contributed by atoms with E-state index in [4.69, 9.17) is 19.7 Å². The van der Waals surface area contributed by atoms with E-state index in [-0.39, 0.29) is 12.0 Å². The van der Waals surface area contributed by atoms with Gasteiger partial charge < -0.3 is 24.6 Å². The molecule has 1 fully saturated rings. The maximum atomic E-state index is 12.1. The van der Waals surface area contributed by atoms with Gasteiger partial charge in [-0.25, -0.2) is 0 Å². The van der Waals surface area contributed by atoms with Crippen molar-refractivity contribution in [2.24, 2.45) is 5.73 Å². The fourth-order valence-corrected chi connectivity index (χ4v) is 1.83. The van der Waals surface area contributed by atoms with Gasteiger partial charge in [0.2, 0.25) is 0 Å². The first-order chi connectivity index (χ1) is 8.74. The van der Waals surface area contributed by atoms with Crippen LogP contribution in [-0.2, 0) is 16.1 Å². The second-order valence-corrected chi connectivity index (χ2v) is 4.09. The number of hydrogen-bond donors (Lipinski definition) is 1. The largest absolute Gasteiger partial charge is 0.377 e. The predicted molar refractivity (Wildman–Crippen MR) is 61.9 cm³/mol. The van der Waals surface area contributed by atoms with E-state index in [1.165, 1.54) is 0 Å². The third-order valence-corrected chi connectivity index (χ3v) is 2.75. The molecule has 1 aliphatic rings. The molecule has 2 rings (SSSR count). The van der Waals surface area contributed by atoms with Crippen LogP contribution in [0.15, 0.2) is 10.6 Å². The molecule has 100 valence electrons. The van der Waals surface area contributed by atoms with Crippen molar-refractivity contribution in [1.29, 1.82) is 0 Å². The lowest BCUT2D eigenvalue weighted by atomic mass is 10.2. The summed E-state index contributed by atoms with van der Waals surface area (Å²) in [6, 6.07) is 1.60. The minimum atomic E-state index is -0.164. The predicted octanol–water partition coefficient (Wildman–Crippen LogP) is -0.379. The third kappa shape index (κ3) is 2.87. The maximum Gasteiger partial charge on any atom is 0.276 e. The van der Waals surface area contributed by atoms with Crippen LogP contribution in [0.3, 0.4) is 0 Å². The summed E-state index contributed by atoms with van der Waals surface area (Å²) in [6.45, 7) is 2.23. The number of methoxy groups -OCH3 is 1. The summed E-state index contributed by atoms with van der Waals surface area (Å²) in [5, 5.41) is 3.74. The number of carbonyl (C=O) groups is 1. The highest BCUT2D eigenvalue weighted by atomic mass is 16.5. The molecule has 2 N–H and O–H groups in total. The van der Waals surface area contributed by atoms with Crippen LogP contribution < -0.4 is 5.73 Å². The zero-order valence-electron chi connectivity index (χ0n) is 10.3. The van der Waals surface area contributed by atoms with Gasteiger partial charge in [0.25, 0.3) is 5.91 Å². The van der Waals surface area contributed by atoms with Crippen molar-refractivity contribution in [3.05, 3.63) is 17.5 Å². The molecule has 0 radical (unpaired) electrons. The lowest BCUT2D eigenvalue weighted by molar-refractivity contribution is -0.0170. The smallest absolute Gasteiger partial charge is 0.276 e. The first-order valence-electron chi connectivity index (χ1n) is 5.80. The molecule has 18 heavy (non-hydrogen) atoms. The Kier molecular flexibility index (Phi) is 4.29. The zero-order valence-corrected chi connectivity index (χ0v) is 10.3. The van der Waals surface area contributed by atoms with Gasteiger partial charge in [-0.1, -0.05) is 5.16 Å². The molecule has 1 unspecified atom stereocenters. The van der Waals surface area contributed by atoms with Gasteiger partial charge >= 0.3 is 0 Å². The van der Waals surface area contributed by atoms with Gasteiger partial charge in [-0.15, -0.1) is 0 Å². The van der Waals surface area contributed by atoms with Crippen molar-refractivity contribution in [2.45, 2.75) is 12.7 Å². The number of morpholine rings is 1. The van der Waals surface area contributed by atoms with Gasteiger partial charge in [-0.05, 0) is 0 Å². The summed E-state index contributed by atoms with van der Waals surface area (Å²) < 4.78 is 15.3. The van der Waals surface area contributed by atoms with E-state index in [1.807, 2.05) is 0 Å². The lowest BCUT2D eigenvalue weighted by Crippen LogP contribution is -2.48. The molecule has 0 spiro atoms. The molecule has 2 heterocycles. The minimum Gasteiger partial charge on any atom is -0.377 e. The number of hydrogen-bond acceptors (Lipinski definition) is 6. The first kappa shape index (κ1) is 13.0. The van der Waals surface area contributed by atoms with Crippen LogP contribution in [-0.4, -0.2) is 55.4 Å². The molecular weight excluding hydrogens is 238 g/mol. The standard InChI is InChI=1S/C11H17N3O4/c1-16-7-8-4-10(13-18-8)11(15)14-2-3-17-9(5-12)6-14/h4,9H,2-3,5-7,12H2,1H3. The molecule has 1 atom stereocenters. The van der Waals surface area contributed by atoms with Crippen LogP contribution in [0.1, 0.15) is 16.2 Å². The Morgan fingerprint density at radius 3 is 3.28 bits per heavy atom. The molecule has 1 saturated heterocycles. The molecule has 1 aliphatic heterocycles. The van der Waals surface area contributed by atoms with Crippen LogP contribution >= 0.6 is 0 Å². The summed E-state index contributed by atoms with van der Waals surface area (Å²) in [5.74, 6) is 0.368. The quantitative estimate of drug-likeness (QED) is 0.788. The van der Waals surface area contributed by atoms with Crippen molar-refractivity contribution in [3.8, 4) is 0 Å². The fourth-order valence-electron chi connectivity index (χ4n) is 1.83. The number of amides is 1. The molecule has 1 amide bonds. The Labute approximate surface area is 105 Å². The van der Waals surface area contributed by atoms with Crippen molar-refractivity contribution in [3.63, 3.8) is 0 Å². The Morgan fingerprint density at radius 1 is 1.72 bits per heavy atom. The van der Waals surface area contributed by atoms with Crippen LogP contribution in [0, 0.1) is 0 Å². The van der Waals surface area contributed by atoms with Gasteiger partial charge in [0.05, 0.1) is 12.7 Å². The van der Waals surface area contributed by atoms with E-state index < -0.39 is 0 Å². The van der Waals surface area contributed by atoms with Crippen molar-refractivity contribution < 1.29 is 18.8 Å². The average molecular weight is 255 g/mol. The van der Waals surface area contributed by atoms with Crippen LogP contribution in [0.2, 0.25) is 0 Å². The van der Waals surface area contributed by atoms with E-state index in [0.717, 1.165) is 0 Å². The van der Waals surface area contributed by atoms with Crippen LogP contribution in [0.5, 0.6) is 0 Å². The van der Waals surface area contributed by atoms with Gasteiger partial charge in [-0.3, -0.25) is 4.79 Å². The second kappa shape index (κ2) is 5.94. The molecule has 0 saturated carbocycles. The summed E-state index contributed by atoms with van der Waals surface area (Å²) in [7, 11) is 1.55. The number of carbonyl (C=O) groups excluding carboxylic acids is 1. The highest BCUT2D eigenvalue weighted by Gasteiger charge is 2.26. The van der Waals surface area contributed by atoms with Crippen molar-refractivity contribution in [1.82, 2.24) is 10.1 Å². The SMILES string of the molecule is COCc1cc(C(=O)N2CCOC(CN)C2)no1. The number of aromatic nitrogens is 1. The molecular formula is C11H17N3O4. The second-order valence-electron chi connectivity index (χ2n) is 4.09. The summed E-state index contributed by atoms with van der Waals surface area (Å²) in [6.07, 6.45) is -0.104. The monoisotopic (exact) mass is 255 g/mol. The fraction of sp³-hybridized carbons (Fsp3) is 0.636. The Balaban J connectivity index is 2.00. The zero-order chi connectivity index (χ0) is 13.0. The third-order valence-electron chi connectivity index (χ3n) is 2.75. The molecule has 7 heteroatoms. The van der Waals surface area contributed by atoms with Gasteiger partial charge in [0, 0.05) is 32.8 Å². The van der Waals surface area contributed by atoms with Crippen molar-refractivity contribution in [2.75, 3.05) is 33.4 Å². The molecule has 7 nitrogen and oxygen atoms in total. The highest BCUT2D eigenvalue weighted by Crippen LogP contribution is 2.11. The molecule has 0 aliphatic carbocycles. The van der Waals surface area contributed by atoms with Crippen molar-refractivity contribution >= 4 is 5.91 Å².